The molecule has 3 rings (SSSR count). The molecule has 66 valence electrons. The molecule has 0 amide bonds. The molecule has 0 radical (unpaired) electrons. The summed E-state index contributed by atoms with van der Waals surface area (Å²) >= 11 is 0. The summed E-state index contributed by atoms with van der Waals surface area (Å²) in [6.07, 6.45) is 5.92. The van der Waals surface area contributed by atoms with Crippen LogP contribution in [0.5, 0.6) is 0 Å². The second-order valence-electron chi connectivity index (χ2n) is 4.22. The molecule has 0 unspecified atom stereocenters. The van der Waals surface area contributed by atoms with Gasteiger partial charge in [-0.25, -0.2) is 4.79 Å². The van der Waals surface area contributed by atoms with Crippen molar-refractivity contribution in [2.75, 3.05) is 6.61 Å². The van der Waals surface area contributed by atoms with Crippen molar-refractivity contribution >= 4 is 5.97 Å². The normalized spacial score (nSPS) is 43.8. The van der Waals surface area contributed by atoms with Crippen LogP contribution >= 0.6 is 0 Å². The summed E-state index contributed by atoms with van der Waals surface area (Å²) in [6, 6.07) is 0. The second-order valence-corrected chi connectivity index (χ2v) is 4.22. The Hall–Kier alpha value is -0.830. The summed E-state index contributed by atoms with van der Waals surface area (Å²) in [5.41, 5.74) is 0.309. The van der Waals surface area contributed by atoms with E-state index in [1.807, 2.05) is 0 Å². The van der Waals surface area contributed by atoms with Crippen LogP contribution < -0.4 is 0 Å². The van der Waals surface area contributed by atoms with E-state index < -0.39 is 5.97 Å². The first-order valence-corrected chi connectivity index (χ1v) is 4.13. The van der Waals surface area contributed by atoms with E-state index in [0.717, 1.165) is 19.3 Å². The first kappa shape index (κ1) is 7.80. The van der Waals surface area contributed by atoms with Gasteiger partial charge in [0.05, 0.1) is 0 Å². The van der Waals surface area contributed by atoms with Crippen molar-refractivity contribution in [3.05, 3.63) is 12.2 Å². The van der Waals surface area contributed by atoms with Gasteiger partial charge in [-0.05, 0) is 30.1 Å². The number of carboxylic acids is 1. The molecular weight excluding hydrogens is 156 g/mol. The summed E-state index contributed by atoms with van der Waals surface area (Å²) in [7, 11) is 0. The van der Waals surface area contributed by atoms with E-state index in [2.05, 4.69) is 0 Å². The van der Waals surface area contributed by atoms with E-state index in [4.69, 9.17) is 10.2 Å². The number of aliphatic hydroxyl groups is 1. The van der Waals surface area contributed by atoms with Gasteiger partial charge in [-0.15, -0.1) is 0 Å². The fourth-order valence-electron chi connectivity index (χ4n) is 2.68. The monoisotopic (exact) mass is 168 g/mol. The van der Waals surface area contributed by atoms with Crippen LogP contribution in [-0.2, 0) is 4.79 Å². The van der Waals surface area contributed by atoms with E-state index in [-0.39, 0.29) is 17.4 Å². The van der Waals surface area contributed by atoms with Gasteiger partial charge in [-0.3, -0.25) is 0 Å². The number of allylic oxidation sites excluding steroid dienone is 1. The summed E-state index contributed by atoms with van der Waals surface area (Å²) < 4.78 is 0. The molecule has 12 heavy (non-hydrogen) atoms. The van der Waals surface area contributed by atoms with Gasteiger partial charge in [0.1, 0.15) is 0 Å². The van der Waals surface area contributed by atoms with Crippen LogP contribution in [0.15, 0.2) is 12.2 Å². The molecule has 0 aliphatic heterocycles. The van der Waals surface area contributed by atoms with Crippen LogP contribution in [0.25, 0.3) is 0 Å². The fourth-order valence-corrected chi connectivity index (χ4v) is 2.68. The number of aliphatic hydroxyl groups excluding tert-OH is 1. The zero-order chi connectivity index (χ0) is 8.82. The van der Waals surface area contributed by atoms with Gasteiger partial charge in [-0.1, -0.05) is 6.08 Å². The minimum atomic E-state index is -0.877. The number of rotatable bonds is 3. The fraction of sp³-hybridized carbons (Fsp3) is 0.667. The van der Waals surface area contributed by atoms with Gasteiger partial charge in [0.25, 0.3) is 0 Å². The Labute approximate surface area is 70.7 Å². The Morgan fingerprint density at radius 3 is 2.42 bits per heavy atom. The van der Waals surface area contributed by atoms with Crippen LogP contribution in [0, 0.1) is 10.8 Å². The van der Waals surface area contributed by atoms with Crippen LogP contribution in [-0.4, -0.2) is 22.8 Å². The highest BCUT2D eigenvalue weighted by Gasteiger charge is 2.65. The molecule has 2 N–H and O–H groups in total. The third-order valence-electron chi connectivity index (χ3n) is 3.10. The van der Waals surface area contributed by atoms with E-state index in [0.29, 0.717) is 0 Å². The molecule has 3 aliphatic rings. The number of hydrogen-bond acceptors (Lipinski definition) is 2. The molecule has 0 aromatic heterocycles. The molecule has 0 heterocycles. The minimum absolute atomic E-state index is 0.140. The topological polar surface area (TPSA) is 57.5 Å². The summed E-state index contributed by atoms with van der Waals surface area (Å²) in [4.78, 5) is 10.2. The lowest BCUT2D eigenvalue weighted by molar-refractivity contribution is -0.192. The van der Waals surface area contributed by atoms with E-state index >= 15 is 0 Å². The van der Waals surface area contributed by atoms with E-state index in [1.54, 1.807) is 6.08 Å². The van der Waals surface area contributed by atoms with Crippen molar-refractivity contribution in [1.82, 2.24) is 0 Å². The highest BCUT2D eigenvalue weighted by Crippen LogP contribution is 2.73. The molecule has 0 spiro atoms. The van der Waals surface area contributed by atoms with Crippen LogP contribution in [0.2, 0.25) is 0 Å². The summed E-state index contributed by atoms with van der Waals surface area (Å²) in [6.45, 7) is 0.260. The standard InChI is InChI=1S/C9H12O3/c10-6-9-3-8(4-9,5-9)2-1-7(11)12/h1-2,10H,3-6H2,(H,11,12)/b2-1+. The lowest BCUT2D eigenvalue weighted by Crippen LogP contribution is -2.62. The number of aliphatic carboxylic acids is 1. The third kappa shape index (κ3) is 0.894. The van der Waals surface area contributed by atoms with Crippen molar-refractivity contribution in [3.63, 3.8) is 0 Å². The quantitative estimate of drug-likeness (QED) is 0.612. The molecule has 3 fully saturated rings. The van der Waals surface area contributed by atoms with Crippen molar-refractivity contribution in [1.29, 1.82) is 0 Å². The van der Waals surface area contributed by atoms with Gasteiger partial charge in [0.15, 0.2) is 0 Å². The predicted molar refractivity (Wildman–Crippen MR) is 42.6 cm³/mol. The van der Waals surface area contributed by atoms with E-state index in [9.17, 15) is 4.79 Å². The lowest BCUT2D eigenvalue weighted by Gasteiger charge is -2.69. The average molecular weight is 168 g/mol. The molecule has 0 atom stereocenters. The maximum atomic E-state index is 10.2. The molecule has 0 saturated heterocycles. The number of hydrogen-bond donors (Lipinski definition) is 2. The van der Waals surface area contributed by atoms with Gasteiger partial charge in [0, 0.05) is 12.7 Å². The van der Waals surface area contributed by atoms with Crippen molar-refractivity contribution < 1.29 is 15.0 Å². The molecule has 3 heteroatoms. The van der Waals surface area contributed by atoms with E-state index in [1.165, 1.54) is 6.08 Å². The third-order valence-corrected chi connectivity index (χ3v) is 3.10. The highest BCUT2D eigenvalue weighted by molar-refractivity contribution is 5.80. The van der Waals surface area contributed by atoms with Crippen molar-refractivity contribution in [2.45, 2.75) is 19.3 Å². The number of carbonyl (C=O) groups is 1. The van der Waals surface area contributed by atoms with Crippen LogP contribution in [0.3, 0.4) is 0 Å². The minimum Gasteiger partial charge on any atom is -0.478 e. The van der Waals surface area contributed by atoms with Gasteiger partial charge in [0.2, 0.25) is 0 Å². The first-order chi connectivity index (χ1) is 5.60. The zero-order valence-corrected chi connectivity index (χ0v) is 6.79. The molecule has 2 bridgehead atoms. The molecular formula is C9H12O3. The maximum Gasteiger partial charge on any atom is 0.327 e. The van der Waals surface area contributed by atoms with Crippen molar-refractivity contribution in [2.24, 2.45) is 10.8 Å². The molecule has 3 saturated carbocycles. The van der Waals surface area contributed by atoms with Gasteiger partial charge in [-0.2, -0.15) is 0 Å². The van der Waals surface area contributed by atoms with Crippen LogP contribution in [0.1, 0.15) is 19.3 Å². The predicted octanol–water partition coefficient (Wildman–Crippen LogP) is 0.790. The first-order valence-electron chi connectivity index (χ1n) is 4.13. The van der Waals surface area contributed by atoms with Crippen LogP contribution in [0.4, 0.5) is 0 Å². The average Bonchev–Trinajstić information content (AvgIpc) is 1.82. The molecule has 3 nitrogen and oxygen atoms in total. The maximum absolute atomic E-state index is 10.2. The molecule has 0 aromatic rings. The highest BCUT2D eigenvalue weighted by atomic mass is 16.4. The largest absolute Gasteiger partial charge is 0.478 e. The smallest absolute Gasteiger partial charge is 0.327 e. The number of carboxylic acid groups (broad SMARTS) is 1. The zero-order valence-electron chi connectivity index (χ0n) is 6.79. The SMILES string of the molecule is O=C(O)/C=C/C12CC(CO)(C1)C2. The summed E-state index contributed by atoms with van der Waals surface area (Å²) in [5.74, 6) is -0.877. The lowest BCUT2D eigenvalue weighted by atomic mass is 9.35. The Morgan fingerprint density at radius 2 is 2.00 bits per heavy atom. The van der Waals surface area contributed by atoms with Crippen molar-refractivity contribution in [3.8, 4) is 0 Å². The molecule has 3 aliphatic carbocycles. The van der Waals surface area contributed by atoms with Gasteiger partial charge >= 0.3 is 5.97 Å². The Kier molecular flexibility index (Phi) is 1.37. The Morgan fingerprint density at radius 1 is 1.42 bits per heavy atom. The Bertz CT molecular complexity index is 235. The summed E-state index contributed by atoms with van der Waals surface area (Å²) in [5, 5.41) is 17.3. The second kappa shape index (κ2) is 2.10. The molecule has 0 aromatic carbocycles. The Balaban J connectivity index is 1.92. The van der Waals surface area contributed by atoms with Gasteiger partial charge < -0.3 is 10.2 Å².